The Morgan fingerprint density at radius 1 is 1.29 bits per heavy atom. The standard InChI is InChI=1S/C16H24N2O2S/c1-3-15(17)12-13-5-6-16-14(11-13)7-9-18(16)8-4-10-21(2,19)20/h5-7,9,11,15H,3-4,8,10,12,17H2,1-2H3. The molecule has 1 unspecified atom stereocenters. The van der Waals surface area contributed by atoms with Gasteiger partial charge in [0.25, 0.3) is 0 Å². The molecule has 0 aliphatic rings. The molecule has 1 aromatic heterocycles. The van der Waals surface area contributed by atoms with Crippen molar-refractivity contribution >= 4 is 20.7 Å². The zero-order chi connectivity index (χ0) is 15.5. The van der Waals surface area contributed by atoms with Crippen LogP contribution in [0.2, 0.25) is 0 Å². The van der Waals surface area contributed by atoms with E-state index >= 15 is 0 Å². The van der Waals surface area contributed by atoms with Crippen molar-refractivity contribution in [3.8, 4) is 0 Å². The Morgan fingerprint density at radius 3 is 2.71 bits per heavy atom. The number of aryl methyl sites for hydroxylation is 1. The van der Waals surface area contributed by atoms with E-state index in [1.807, 2.05) is 6.20 Å². The van der Waals surface area contributed by atoms with Gasteiger partial charge < -0.3 is 10.3 Å². The molecule has 2 N–H and O–H groups in total. The van der Waals surface area contributed by atoms with E-state index < -0.39 is 9.84 Å². The molecular formula is C16H24N2O2S. The topological polar surface area (TPSA) is 65.1 Å². The van der Waals surface area contributed by atoms with Gasteiger partial charge in [0.05, 0.1) is 5.75 Å². The van der Waals surface area contributed by atoms with E-state index in [-0.39, 0.29) is 11.8 Å². The summed E-state index contributed by atoms with van der Waals surface area (Å²) in [6, 6.07) is 8.69. The lowest BCUT2D eigenvalue weighted by atomic mass is 10.0. The first-order valence-electron chi connectivity index (χ1n) is 7.40. The number of fused-ring (bicyclic) bond motifs is 1. The third-order valence-corrected chi connectivity index (χ3v) is 4.80. The van der Waals surface area contributed by atoms with Gasteiger partial charge in [0.2, 0.25) is 0 Å². The quantitative estimate of drug-likeness (QED) is 0.854. The van der Waals surface area contributed by atoms with Crippen molar-refractivity contribution in [3.05, 3.63) is 36.0 Å². The number of hydrogen-bond acceptors (Lipinski definition) is 3. The molecule has 1 atom stereocenters. The lowest BCUT2D eigenvalue weighted by molar-refractivity contribution is 0.593. The summed E-state index contributed by atoms with van der Waals surface area (Å²) in [4.78, 5) is 0. The van der Waals surface area contributed by atoms with Crippen molar-refractivity contribution in [2.75, 3.05) is 12.0 Å². The van der Waals surface area contributed by atoms with E-state index in [1.165, 1.54) is 17.2 Å². The SMILES string of the molecule is CCC(N)Cc1ccc2c(ccn2CCCS(C)(=O)=O)c1. The highest BCUT2D eigenvalue weighted by atomic mass is 32.2. The normalized spacial score (nSPS) is 13.7. The fourth-order valence-corrected chi connectivity index (χ4v) is 3.17. The summed E-state index contributed by atoms with van der Waals surface area (Å²) >= 11 is 0. The molecule has 21 heavy (non-hydrogen) atoms. The van der Waals surface area contributed by atoms with Gasteiger partial charge in [0.1, 0.15) is 9.84 Å². The first-order valence-corrected chi connectivity index (χ1v) is 9.46. The lowest BCUT2D eigenvalue weighted by Gasteiger charge is -2.09. The van der Waals surface area contributed by atoms with Crippen LogP contribution < -0.4 is 5.73 Å². The van der Waals surface area contributed by atoms with E-state index in [4.69, 9.17) is 5.73 Å². The molecular weight excluding hydrogens is 284 g/mol. The number of aromatic nitrogens is 1. The van der Waals surface area contributed by atoms with Crippen LogP contribution in [-0.2, 0) is 22.8 Å². The van der Waals surface area contributed by atoms with Crippen molar-refractivity contribution < 1.29 is 8.42 Å². The molecule has 5 heteroatoms. The van der Waals surface area contributed by atoms with Gasteiger partial charge in [-0.25, -0.2) is 8.42 Å². The molecule has 0 aliphatic carbocycles. The van der Waals surface area contributed by atoms with Crippen LogP contribution in [0, 0.1) is 0 Å². The zero-order valence-corrected chi connectivity index (χ0v) is 13.6. The van der Waals surface area contributed by atoms with Crippen LogP contribution in [0.25, 0.3) is 10.9 Å². The average Bonchev–Trinajstić information content (AvgIpc) is 2.80. The van der Waals surface area contributed by atoms with Crippen LogP contribution in [0.15, 0.2) is 30.5 Å². The van der Waals surface area contributed by atoms with Gasteiger partial charge in [-0.2, -0.15) is 0 Å². The maximum absolute atomic E-state index is 11.2. The van der Waals surface area contributed by atoms with E-state index in [2.05, 4.69) is 35.8 Å². The van der Waals surface area contributed by atoms with E-state index in [1.54, 1.807) is 0 Å². The van der Waals surface area contributed by atoms with Gasteiger partial charge in [0.15, 0.2) is 0 Å². The molecule has 0 saturated heterocycles. The maximum atomic E-state index is 11.2. The van der Waals surface area contributed by atoms with Crippen molar-refractivity contribution in [3.63, 3.8) is 0 Å². The molecule has 1 heterocycles. The van der Waals surface area contributed by atoms with Crippen LogP contribution in [0.5, 0.6) is 0 Å². The third-order valence-electron chi connectivity index (χ3n) is 3.77. The number of hydrogen-bond donors (Lipinski definition) is 1. The summed E-state index contributed by atoms with van der Waals surface area (Å²) in [7, 11) is -2.88. The molecule has 0 fully saturated rings. The second-order valence-electron chi connectivity index (χ2n) is 5.76. The van der Waals surface area contributed by atoms with Crippen molar-refractivity contribution in [2.45, 2.75) is 38.8 Å². The van der Waals surface area contributed by atoms with Crippen molar-refractivity contribution in [1.82, 2.24) is 4.57 Å². The summed E-state index contributed by atoms with van der Waals surface area (Å²) in [5.74, 6) is 0.232. The lowest BCUT2D eigenvalue weighted by Crippen LogP contribution is -2.21. The first-order chi connectivity index (χ1) is 9.89. The van der Waals surface area contributed by atoms with Gasteiger partial charge >= 0.3 is 0 Å². The zero-order valence-electron chi connectivity index (χ0n) is 12.7. The van der Waals surface area contributed by atoms with Gasteiger partial charge in [-0.1, -0.05) is 13.0 Å². The van der Waals surface area contributed by atoms with Gasteiger partial charge in [-0.3, -0.25) is 0 Å². The van der Waals surface area contributed by atoms with Crippen LogP contribution in [0.4, 0.5) is 0 Å². The Balaban J connectivity index is 2.10. The Bertz CT molecular complexity index is 704. The smallest absolute Gasteiger partial charge is 0.147 e. The predicted octanol–water partition coefficient (Wildman–Crippen LogP) is 2.36. The summed E-state index contributed by atoms with van der Waals surface area (Å²) in [6.07, 6.45) is 5.82. The van der Waals surface area contributed by atoms with E-state index in [9.17, 15) is 8.42 Å². The molecule has 0 radical (unpaired) electrons. The number of sulfone groups is 1. The highest BCUT2D eigenvalue weighted by Gasteiger charge is 2.07. The fourth-order valence-electron chi connectivity index (χ4n) is 2.52. The molecule has 0 spiro atoms. The maximum Gasteiger partial charge on any atom is 0.147 e. The second kappa shape index (κ2) is 6.62. The van der Waals surface area contributed by atoms with Crippen molar-refractivity contribution in [1.29, 1.82) is 0 Å². The molecule has 0 saturated carbocycles. The molecule has 2 aromatic rings. The van der Waals surface area contributed by atoms with Gasteiger partial charge in [-0.05, 0) is 48.4 Å². The molecule has 4 nitrogen and oxygen atoms in total. The number of nitrogens with two attached hydrogens (primary N) is 1. The minimum Gasteiger partial charge on any atom is -0.347 e. The largest absolute Gasteiger partial charge is 0.347 e. The summed E-state index contributed by atoms with van der Waals surface area (Å²) < 4.78 is 24.5. The van der Waals surface area contributed by atoms with Gasteiger partial charge in [0, 0.05) is 30.6 Å². The Morgan fingerprint density at radius 2 is 2.05 bits per heavy atom. The van der Waals surface area contributed by atoms with Crippen LogP contribution in [0.3, 0.4) is 0 Å². The van der Waals surface area contributed by atoms with Crippen LogP contribution in [0.1, 0.15) is 25.3 Å². The Labute approximate surface area is 126 Å². The van der Waals surface area contributed by atoms with Crippen molar-refractivity contribution in [2.24, 2.45) is 5.73 Å². The minimum atomic E-state index is -2.88. The van der Waals surface area contributed by atoms with Gasteiger partial charge in [-0.15, -0.1) is 0 Å². The average molecular weight is 308 g/mol. The molecule has 1 aromatic carbocycles. The van der Waals surface area contributed by atoms with Crippen LogP contribution >= 0.6 is 0 Å². The van der Waals surface area contributed by atoms with E-state index in [0.29, 0.717) is 6.42 Å². The summed E-state index contributed by atoms with van der Waals surface area (Å²) in [6.45, 7) is 2.83. The minimum absolute atomic E-state index is 0.208. The summed E-state index contributed by atoms with van der Waals surface area (Å²) in [5.41, 5.74) is 8.40. The molecule has 0 aliphatic heterocycles. The van der Waals surface area contributed by atoms with Crippen LogP contribution in [-0.4, -0.2) is 31.0 Å². The number of nitrogens with zero attached hydrogens (tertiary/aromatic N) is 1. The highest BCUT2D eigenvalue weighted by Crippen LogP contribution is 2.19. The first kappa shape index (κ1) is 16.0. The Kier molecular flexibility index (Phi) is 5.06. The third kappa shape index (κ3) is 4.58. The monoisotopic (exact) mass is 308 g/mol. The second-order valence-corrected chi connectivity index (χ2v) is 8.02. The molecule has 2 rings (SSSR count). The highest BCUT2D eigenvalue weighted by molar-refractivity contribution is 7.90. The predicted molar refractivity (Wildman–Crippen MR) is 88.2 cm³/mol. The molecule has 0 amide bonds. The number of benzene rings is 1. The summed E-state index contributed by atoms with van der Waals surface area (Å²) in [5, 5.41) is 1.19. The molecule has 0 bridgehead atoms. The number of rotatable bonds is 7. The molecule has 116 valence electrons. The Hall–Kier alpha value is -1.33. The van der Waals surface area contributed by atoms with E-state index in [0.717, 1.165) is 24.9 Å². The fraction of sp³-hybridized carbons (Fsp3) is 0.500.